The van der Waals surface area contributed by atoms with Gasteiger partial charge in [-0.3, -0.25) is 0 Å². The molecular formula is C10H13N3O2. The third kappa shape index (κ3) is 3.05. The second kappa shape index (κ2) is 4.54. The van der Waals surface area contributed by atoms with Crippen molar-refractivity contribution in [2.45, 2.75) is 6.92 Å². The molecule has 5 nitrogen and oxygen atoms in total. The molecule has 0 bridgehead atoms. The van der Waals surface area contributed by atoms with Crippen LogP contribution in [0, 0.1) is 0 Å². The minimum absolute atomic E-state index is 0.0533. The molecule has 0 aromatic carbocycles. The number of hydrogen-bond donors (Lipinski definition) is 1. The maximum Gasteiger partial charge on any atom is 0.356 e. The van der Waals surface area contributed by atoms with Gasteiger partial charge in [0, 0.05) is 13.6 Å². The third-order valence-electron chi connectivity index (χ3n) is 1.77. The smallest absolute Gasteiger partial charge is 0.356 e. The molecule has 0 fully saturated rings. The van der Waals surface area contributed by atoms with Crippen LogP contribution in [0.1, 0.15) is 17.4 Å². The Hall–Kier alpha value is -1.91. The van der Waals surface area contributed by atoms with E-state index >= 15 is 0 Å². The fourth-order valence-electron chi connectivity index (χ4n) is 1.13. The lowest BCUT2D eigenvalue weighted by atomic mass is 10.3. The van der Waals surface area contributed by atoms with Crippen LogP contribution in [0.5, 0.6) is 0 Å². The van der Waals surface area contributed by atoms with E-state index in [-0.39, 0.29) is 5.69 Å². The standard InChI is InChI=1S/C10H13N3O2/c1-7(2)6-13(3)9-5-4-8(10(14)15)11-12-9/h4-5H,1,6H2,2-3H3,(H,14,15). The molecule has 0 amide bonds. The summed E-state index contributed by atoms with van der Waals surface area (Å²) in [6, 6.07) is 3.05. The monoisotopic (exact) mass is 207 g/mol. The summed E-state index contributed by atoms with van der Waals surface area (Å²) in [5.41, 5.74) is 0.948. The largest absolute Gasteiger partial charge is 0.476 e. The van der Waals surface area contributed by atoms with E-state index in [0.717, 1.165) is 5.57 Å². The number of carboxylic acid groups (broad SMARTS) is 1. The molecule has 0 aliphatic rings. The van der Waals surface area contributed by atoms with Gasteiger partial charge >= 0.3 is 5.97 Å². The van der Waals surface area contributed by atoms with Crippen LogP contribution >= 0.6 is 0 Å². The van der Waals surface area contributed by atoms with Crippen molar-refractivity contribution in [3.63, 3.8) is 0 Å². The first-order chi connectivity index (χ1) is 7.00. The number of aromatic carboxylic acids is 1. The molecule has 0 saturated heterocycles. The number of carbonyl (C=O) groups is 1. The quantitative estimate of drug-likeness (QED) is 0.751. The average molecular weight is 207 g/mol. The van der Waals surface area contributed by atoms with Crippen LogP contribution in [0.3, 0.4) is 0 Å². The topological polar surface area (TPSA) is 66.3 Å². The van der Waals surface area contributed by atoms with Crippen molar-refractivity contribution in [1.82, 2.24) is 10.2 Å². The molecular weight excluding hydrogens is 194 g/mol. The predicted octanol–water partition coefficient (Wildman–Crippen LogP) is 1.19. The zero-order chi connectivity index (χ0) is 11.4. The molecule has 1 aromatic rings. The first-order valence-corrected chi connectivity index (χ1v) is 4.43. The van der Waals surface area contributed by atoms with Crippen molar-refractivity contribution in [2.75, 3.05) is 18.5 Å². The molecule has 0 spiro atoms. The fourth-order valence-corrected chi connectivity index (χ4v) is 1.13. The first-order valence-electron chi connectivity index (χ1n) is 4.43. The zero-order valence-corrected chi connectivity index (χ0v) is 8.77. The summed E-state index contributed by atoms with van der Waals surface area (Å²) in [5, 5.41) is 16.0. The highest BCUT2D eigenvalue weighted by Crippen LogP contribution is 2.08. The lowest BCUT2D eigenvalue weighted by Crippen LogP contribution is -2.21. The van der Waals surface area contributed by atoms with Crippen molar-refractivity contribution in [1.29, 1.82) is 0 Å². The highest BCUT2D eigenvalue weighted by atomic mass is 16.4. The average Bonchev–Trinajstić information content (AvgIpc) is 2.17. The van der Waals surface area contributed by atoms with Gasteiger partial charge in [-0.05, 0) is 19.1 Å². The summed E-state index contributed by atoms with van der Waals surface area (Å²) in [7, 11) is 1.85. The number of rotatable bonds is 4. The van der Waals surface area contributed by atoms with Crippen LogP contribution in [0.15, 0.2) is 24.3 Å². The predicted molar refractivity (Wildman–Crippen MR) is 57.1 cm³/mol. The SMILES string of the molecule is C=C(C)CN(C)c1ccc(C(=O)O)nn1. The number of likely N-dealkylation sites (N-methyl/N-ethyl adjacent to an activating group) is 1. The Morgan fingerprint density at radius 2 is 2.20 bits per heavy atom. The van der Waals surface area contributed by atoms with Gasteiger partial charge in [-0.25, -0.2) is 4.79 Å². The van der Waals surface area contributed by atoms with Crippen LogP contribution < -0.4 is 4.90 Å². The van der Waals surface area contributed by atoms with E-state index in [9.17, 15) is 4.79 Å². The molecule has 1 rings (SSSR count). The van der Waals surface area contributed by atoms with Gasteiger partial charge in [-0.15, -0.1) is 10.2 Å². The second-order valence-corrected chi connectivity index (χ2v) is 3.40. The van der Waals surface area contributed by atoms with Gasteiger partial charge in [0.2, 0.25) is 0 Å². The minimum Gasteiger partial charge on any atom is -0.476 e. The van der Waals surface area contributed by atoms with Crippen LogP contribution in [0.2, 0.25) is 0 Å². The van der Waals surface area contributed by atoms with Crippen molar-refractivity contribution >= 4 is 11.8 Å². The highest BCUT2D eigenvalue weighted by molar-refractivity contribution is 5.85. The Morgan fingerprint density at radius 3 is 2.60 bits per heavy atom. The molecule has 80 valence electrons. The summed E-state index contributed by atoms with van der Waals surface area (Å²) < 4.78 is 0. The Morgan fingerprint density at radius 1 is 1.53 bits per heavy atom. The zero-order valence-electron chi connectivity index (χ0n) is 8.77. The number of anilines is 1. The number of nitrogens with zero attached hydrogens (tertiary/aromatic N) is 3. The van der Waals surface area contributed by atoms with Gasteiger partial charge in [0.1, 0.15) is 0 Å². The van der Waals surface area contributed by atoms with Crippen molar-refractivity contribution in [3.05, 3.63) is 30.0 Å². The summed E-state index contributed by atoms with van der Waals surface area (Å²) in [4.78, 5) is 12.4. The van der Waals surface area contributed by atoms with Gasteiger partial charge in [-0.2, -0.15) is 0 Å². The first kappa shape index (κ1) is 11.2. The van der Waals surface area contributed by atoms with Crippen LogP contribution in [-0.2, 0) is 0 Å². The van der Waals surface area contributed by atoms with E-state index in [1.54, 1.807) is 6.07 Å². The molecule has 15 heavy (non-hydrogen) atoms. The van der Waals surface area contributed by atoms with E-state index in [2.05, 4.69) is 16.8 Å². The maximum absolute atomic E-state index is 10.5. The summed E-state index contributed by atoms with van der Waals surface area (Å²) in [6.45, 7) is 6.36. The molecule has 0 atom stereocenters. The van der Waals surface area contributed by atoms with Gasteiger partial charge < -0.3 is 10.0 Å². The van der Waals surface area contributed by atoms with Gasteiger partial charge in [0.15, 0.2) is 11.5 Å². The van der Waals surface area contributed by atoms with Crippen molar-refractivity contribution < 1.29 is 9.90 Å². The normalized spacial score (nSPS) is 9.73. The number of aromatic nitrogens is 2. The lowest BCUT2D eigenvalue weighted by molar-refractivity contribution is 0.0689. The van der Waals surface area contributed by atoms with Crippen LogP contribution in [-0.4, -0.2) is 34.9 Å². The Balaban J connectivity index is 2.79. The van der Waals surface area contributed by atoms with E-state index in [1.165, 1.54) is 6.07 Å². The maximum atomic E-state index is 10.5. The van der Waals surface area contributed by atoms with E-state index in [4.69, 9.17) is 5.11 Å². The Bertz CT molecular complexity index is 373. The molecule has 0 radical (unpaired) electrons. The summed E-state index contributed by atoms with van der Waals surface area (Å²) >= 11 is 0. The number of carboxylic acids is 1. The minimum atomic E-state index is -1.07. The molecule has 0 unspecified atom stereocenters. The molecule has 5 heteroatoms. The Kier molecular flexibility index (Phi) is 3.38. The molecule has 1 heterocycles. The van der Waals surface area contributed by atoms with E-state index in [1.807, 2.05) is 18.9 Å². The van der Waals surface area contributed by atoms with Gasteiger partial charge in [0.25, 0.3) is 0 Å². The number of hydrogen-bond acceptors (Lipinski definition) is 4. The fraction of sp³-hybridized carbons (Fsp3) is 0.300. The van der Waals surface area contributed by atoms with Crippen molar-refractivity contribution in [3.8, 4) is 0 Å². The van der Waals surface area contributed by atoms with E-state index in [0.29, 0.717) is 12.4 Å². The third-order valence-corrected chi connectivity index (χ3v) is 1.77. The van der Waals surface area contributed by atoms with E-state index < -0.39 is 5.97 Å². The second-order valence-electron chi connectivity index (χ2n) is 3.40. The summed E-state index contributed by atoms with van der Waals surface area (Å²) in [6.07, 6.45) is 0. The molecule has 1 N–H and O–H groups in total. The Labute approximate surface area is 88.1 Å². The van der Waals surface area contributed by atoms with Crippen LogP contribution in [0.25, 0.3) is 0 Å². The molecule has 1 aromatic heterocycles. The van der Waals surface area contributed by atoms with Crippen LogP contribution in [0.4, 0.5) is 5.82 Å². The molecule has 0 saturated carbocycles. The molecule has 0 aliphatic heterocycles. The highest BCUT2D eigenvalue weighted by Gasteiger charge is 2.07. The van der Waals surface area contributed by atoms with Crippen molar-refractivity contribution in [2.24, 2.45) is 0 Å². The van der Waals surface area contributed by atoms with Gasteiger partial charge in [-0.1, -0.05) is 12.2 Å². The lowest BCUT2D eigenvalue weighted by Gasteiger charge is -2.16. The van der Waals surface area contributed by atoms with Gasteiger partial charge in [0.05, 0.1) is 0 Å². The molecule has 0 aliphatic carbocycles. The summed E-state index contributed by atoms with van der Waals surface area (Å²) in [5.74, 6) is -0.445.